The molecule has 0 radical (unpaired) electrons. The predicted molar refractivity (Wildman–Crippen MR) is 55.4 cm³/mol. The Morgan fingerprint density at radius 1 is 1.27 bits per heavy atom. The number of rotatable bonds is 1. The number of fused-ring (bicyclic) bond motifs is 1. The van der Waals surface area contributed by atoms with Crippen molar-refractivity contribution in [3.63, 3.8) is 0 Å². The summed E-state index contributed by atoms with van der Waals surface area (Å²) in [5.41, 5.74) is 2.71. The maximum atomic E-state index is 11.6. The molecule has 0 saturated heterocycles. The summed E-state index contributed by atoms with van der Waals surface area (Å²) in [4.78, 5) is 22.8. The number of Topliss-reactive ketones (excluding diaryl/α,β-unsaturated/α-hetero) is 1. The average Bonchev–Trinajstić information content (AvgIpc) is 2.50. The molecule has 0 bridgehead atoms. The molecular formula is C11H11NO3. The Morgan fingerprint density at radius 2 is 1.93 bits per heavy atom. The highest BCUT2D eigenvalue weighted by molar-refractivity contribution is 6.52. The van der Waals surface area contributed by atoms with E-state index >= 15 is 0 Å². The normalized spacial score (nSPS) is 13.8. The minimum atomic E-state index is -0.586. The highest BCUT2D eigenvalue weighted by atomic mass is 16.5. The molecule has 1 aliphatic rings. The second-order valence-corrected chi connectivity index (χ2v) is 3.55. The first-order chi connectivity index (χ1) is 7.06. The summed E-state index contributed by atoms with van der Waals surface area (Å²) in [5, 5.41) is 2.52. The first kappa shape index (κ1) is 9.71. The van der Waals surface area contributed by atoms with Crippen LogP contribution in [-0.2, 0) is 4.79 Å². The molecule has 0 unspecified atom stereocenters. The van der Waals surface area contributed by atoms with Gasteiger partial charge in [0.2, 0.25) is 0 Å². The molecule has 78 valence electrons. The van der Waals surface area contributed by atoms with Crippen molar-refractivity contribution in [3.8, 4) is 5.75 Å². The third kappa shape index (κ3) is 1.21. The summed E-state index contributed by atoms with van der Waals surface area (Å²) in [6.07, 6.45) is 0. The van der Waals surface area contributed by atoms with Gasteiger partial charge in [-0.05, 0) is 31.0 Å². The van der Waals surface area contributed by atoms with Crippen molar-refractivity contribution in [3.05, 3.63) is 22.8 Å². The zero-order chi connectivity index (χ0) is 11.2. The first-order valence-electron chi connectivity index (χ1n) is 4.60. The lowest BCUT2D eigenvalue weighted by Gasteiger charge is -2.10. The number of anilines is 1. The summed E-state index contributed by atoms with van der Waals surface area (Å²) in [5.74, 6) is -0.534. The summed E-state index contributed by atoms with van der Waals surface area (Å²) in [6.45, 7) is 3.71. The third-order valence-corrected chi connectivity index (χ3v) is 2.70. The number of hydrogen-bond donors (Lipinski definition) is 1. The fourth-order valence-corrected chi connectivity index (χ4v) is 1.74. The molecule has 0 fully saturated rings. The van der Waals surface area contributed by atoms with Crippen LogP contribution in [0, 0.1) is 13.8 Å². The maximum Gasteiger partial charge on any atom is 0.296 e. The Hall–Kier alpha value is -1.84. The molecule has 2 rings (SSSR count). The maximum absolute atomic E-state index is 11.6. The largest absolute Gasteiger partial charge is 0.495 e. The quantitative estimate of drug-likeness (QED) is 0.706. The molecule has 1 aromatic carbocycles. The van der Waals surface area contributed by atoms with Crippen LogP contribution in [0.25, 0.3) is 0 Å². The second-order valence-electron chi connectivity index (χ2n) is 3.55. The average molecular weight is 205 g/mol. The van der Waals surface area contributed by atoms with Crippen molar-refractivity contribution in [1.29, 1.82) is 0 Å². The summed E-state index contributed by atoms with van der Waals surface area (Å²) >= 11 is 0. The van der Waals surface area contributed by atoms with Crippen LogP contribution in [0.2, 0.25) is 0 Å². The lowest BCUT2D eigenvalue weighted by molar-refractivity contribution is -0.112. The molecule has 0 atom stereocenters. The smallest absolute Gasteiger partial charge is 0.296 e. The highest BCUT2D eigenvalue weighted by Gasteiger charge is 2.32. The Balaban J connectivity index is 2.76. The van der Waals surface area contributed by atoms with Gasteiger partial charge in [0.25, 0.3) is 11.7 Å². The van der Waals surface area contributed by atoms with Gasteiger partial charge in [-0.3, -0.25) is 9.59 Å². The highest BCUT2D eigenvalue weighted by Crippen LogP contribution is 2.37. The number of nitrogens with one attached hydrogen (secondary N) is 1. The van der Waals surface area contributed by atoms with Crippen LogP contribution in [0.3, 0.4) is 0 Å². The molecule has 1 aliphatic heterocycles. The number of benzene rings is 1. The molecule has 0 aliphatic carbocycles. The summed E-state index contributed by atoms with van der Waals surface area (Å²) in [7, 11) is 1.51. The Kier molecular flexibility index (Phi) is 2.00. The van der Waals surface area contributed by atoms with Crippen LogP contribution >= 0.6 is 0 Å². The van der Waals surface area contributed by atoms with E-state index in [4.69, 9.17) is 4.74 Å². The van der Waals surface area contributed by atoms with Crippen LogP contribution in [-0.4, -0.2) is 18.8 Å². The zero-order valence-electron chi connectivity index (χ0n) is 8.80. The number of aryl methyl sites for hydroxylation is 1. The van der Waals surface area contributed by atoms with E-state index in [9.17, 15) is 9.59 Å². The van der Waals surface area contributed by atoms with E-state index < -0.39 is 11.7 Å². The lowest BCUT2D eigenvalue weighted by Crippen LogP contribution is -2.13. The number of carbonyl (C=O) groups excluding carboxylic acids is 2. The van der Waals surface area contributed by atoms with E-state index in [1.54, 1.807) is 0 Å². The number of hydrogen-bond acceptors (Lipinski definition) is 3. The molecule has 15 heavy (non-hydrogen) atoms. The van der Waals surface area contributed by atoms with Gasteiger partial charge in [-0.25, -0.2) is 0 Å². The zero-order valence-corrected chi connectivity index (χ0v) is 8.80. The molecule has 0 aromatic heterocycles. The van der Waals surface area contributed by atoms with E-state index in [0.717, 1.165) is 11.1 Å². The van der Waals surface area contributed by atoms with Gasteiger partial charge in [0.15, 0.2) is 0 Å². The Bertz CT molecular complexity index is 477. The molecule has 4 nitrogen and oxygen atoms in total. The number of methoxy groups -OCH3 is 1. The van der Waals surface area contributed by atoms with Crippen molar-refractivity contribution >= 4 is 17.4 Å². The number of carbonyl (C=O) groups is 2. The summed E-state index contributed by atoms with van der Waals surface area (Å²) < 4.78 is 5.12. The van der Waals surface area contributed by atoms with Gasteiger partial charge in [0.05, 0.1) is 18.4 Å². The third-order valence-electron chi connectivity index (χ3n) is 2.70. The molecule has 0 spiro atoms. The minimum absolute atomic E-state index is 0.442. The van der Waals surface area contributed by atoms with Crippen LogP contribution in [0.5, 0.6) is 5.75 Å². The molecule has 0 saturated carbocycles. The lowest BCUT2D eigenvalue weighted by atomic mass is 10.00. The fourth-order valence-electron chi connectivity index (χ4n) is 1.74. The van der Waals surface area contributed by atoms with E-state index in [1.807, 2.05) is 19.9 Å². The van der Waals surface area contributed by atoms with Crippen LogP contribution in [0.15, 0.2) is 6.07 Å². The van der Waals surface area contributed by atoms with Crippen LogP contribution < -0.4 is 10.1 Å². The minimum Gasteiger partial charge on any atom is -0.495 e. The van der Waals surface area contributed by atoms with Gasteiger partial charge < -0.3 is 10.1 Å². The number of amides is 1. The molecule has 1 aromatic rings. The monoisotopic (exact) mass is 205 g/mol. The Morgan fingerprint density at radius 3 is 2.53 bits per heavy atom. The van der Waals surface area contributed by atoms with Crippen molar-refractivity contribution in [1.82, 2.24) is 0 Å². The van der Waals surface area contributed by atoms with E-state index in [-0.39, 0.29) is 0 Å². The van der Waals surface area contributed by atoms with Gasteiger partial charge in [0.1, 0.15) is 5.75 Å². The van der Waals surface area contributed by atoms with Gasteiger partial charge >= 0.3 is 0 Å². The van der Waals surface area contributed by atoms with Gasteiger partial charge in [-0.15, -0.1) is 0 Å². The molecule has 4 heteroatoms. The Labute approximate surface area is 87.2 Å². The van der Waals surface area contributed by atoms with Crippen molar-refractivity contribution < 1.29 is 14.3 Å². The second kappa shape index (κ2) is 3.08. The molecule has 1 heterocycles. The SMILES string of the molecule is COc1cc(C)c(C)c2c1NC(=O)C2=O. The molecule has 1 amide bonds. The van der Waals surface area contributed by atoms with Gasteiger partial charge in [-0.2, -0.15) is 0 Å². The molecular weight excluding hydrogens is 194 g/mol. The fraction of sp³-hybridized carbons (Fsp3) is 0.273. The number of ether oxygens (including phenoxy) is 1. The standard InChI is InChI=1S/C11H11NO3/c1-5-4-7(15-3)9-8(6(5)2)10(13)11(14)12-9/h4H,1-3H3,(H,12,13,14). The van der Waals surface area contributed by atoms with E-state index in [1.165, 1.54) is 7.11 Å². The summed E-state index contributed by atoms with van der Waals surface area (Å²) in [6, 6.07) is 1.81. The van der Waals surface area contributed by atoms with Crippen LogP contribution in [0.1, 0.15) is 21.5 Å². The number of ketones is 1. The first-order valence-corrected chi connectivity index (χ1v) is 4.60. The van der Waals surface area contributed by atoms with Crippen LogP contribution in [0.4, 0.5) is 5.69 Å². The van der Waals surface area contributed by atoms with Gasteiger partial charge in [0, 0.05) is 0 Å². The van der Waals surface area contributed by atoms with E-state index in [2.05, 4.69) is 5.32 Å². The van der Waals surface area contributed by atoms with Crippen molar-refractivity contribution in [2.75, 3.05) is 12.4 Å². The van der Waals surface area contributed by atoms with Crippen molar-refractivity contribution in [2.24, 2.45) is 0 Å². The van der Waals surface area contributed by atoms with Gasteiger partial charge in [-0.1, -0.05) is 0 Å². The van der Waals surface area contributed by atoms with E-state index in [0.29, 0.717) is 17.0 Å². The topological polar surface area (TPSA) is 55.4 Å². The predicted octanol–water partition coefficient (Wildman–Crippen LogP) is 1.45. The van der Waals surface area contributed by atoms with Crippen molar-refractivity contribution in [2.45, 2.75) is 13.8 Å². The molecule has 1 N–H and O–H groups in total.